The van der Waals surface area contributed by atoms with Gasteiger partial charge in [-0.3, -0.25) is 14.5 Å². The summed E-state index contributed by atoms with van der Waals surface area (Å²) in [6.07, 6.45) is 2.79. The maximum atomic E-state index is 12.8. The van der Waals surface area contributed by atoms with E-state index < -0.39 is 0 Å². The third-order valence-corrected chi connectivity index (χ3v) is 3.07. The molecule has 2 amide bonds. The fourth-order valence-corrected chi connectivity index (χ4v) is 1.98. The van der Waals surface area contributed by atoms with Crippen LogP contribution in [-0.2, 0) is 16.0 Å². The van der Waals surface area contributed by atoms with Crippen molar-refractivity contribution in [1.82, 2.24) is 4.90 Å². The normalized spacial score (nSPS) is 10.3. The average molecular weight is 279 g/mol. The summed E-state index contributed by atoms with van der Waals surface area (Å²) in [6.45, 7) is 4.20. The molecule has 0 aromatic heterocycles. The van der Waals surface area contributed by atoms with Crippen LogP contribution < -0.4 is 0 Å². The van der Waals surface area contributed by atoms with Gasteiger partial charge in [0, 0.05) is 19.4 Å². The molecule has 110 valence electrons. The Labute approximate surface area is 119 Å². The summed E-state index contributed by atoms with van der Waals surface area (Å²) < 4.78 is 12.8. The summed E-state index contributed by atoms with van der Waals surface area (Å²) in [5.41, 5.74) is 0.921. The number of carbonyl (C=O) groups excluding carboxylic acids is 2. The van der Waals surface area contributed by atoms with E-state index in [1.165, 1.54) is 17.0 Å². The molecule has 0 unspecified atom stereocenters. The van der Waals surface area contributed by atoms with Crippen molar-refractivity contribution < 1.29 is 14.0 Å². The van der Waals surface area contributed by atoms with Gasteiger partial charge in [0.1, 0.15) is 5.82 Å². The first-order valence-corrected chi connectivity index (χ1v) is 7.16. The number of benzene rings is 1. The van der Waals surface area contributed by atoms with Gasteiger partial charge in [-0.25, -0.2) is 4.39 Å². The van der Waals surface area contributed by atoms with Crippen LogP contribution in [0.1, 0.15) is 45.1 Å². The summed E-state index contributed by atoms with van der Waals surface area (Å²) in [5, 5.41) is 0. The monoisotopic (exact) mass is 279 g/mol. The van der Waals surface area contributed by atoms with Crippen LogP contribution in [0.4, 0.5) is 4.39 Å². The third kappa shape index (κ3) is 5.11. The van der Waals surface area contributed by atoms with E-state index in [0.717, 1.165) is 18.4 Å². The molecule has 1 aromatic carbocycles. The van der Waals surface area contributed by atoms with Crippen LogP contribution in [0.25, 0.3) is 0 Å². The van der Waals surface area contributed by atoms with Crippen molar-refractivity contribution >= 4 is 11.8 Å². The van der Waals surface area contributed by atoms with Gasteiger partial charge in [-0.2, -0.15) is 0 Å². The minimum atomic E-state index is -0.283. The van der Waals surface area contributed by atoms with E-state index in [0.29, 0.717) is 25.8 Å². The molecule has 0 saturated heterocycles. The predicted octanol–water partition coefficient (Wildman–Crippen LogP) is 3.32. The Morgan fingerprint density at radius 3 is 1.95 bits per heavy atom. The number of nitrogens with zero attached hydrogens (tertiary/aromatic N) is 1. The first-order valence-electron chi connectivity index (χ1n) is 7.16. The molecule has 0 saturated carbocycles. The fraction of sp³-hybridized carbons (Fsp3) is 0.500. The lowest BCUT2D eigenvalue weighted by Gasteiger charge is -2.20. The van der Waals surface area contributed by atoms with Crippen molar-refractivity contribution in [2.75, 3.05) is 6.54 Å². The fourth-order valence-electron chi connectivity index (χ4n) is 1.98. The molecule has 1 rings (SSSR count). The van der Waals surface area contributed by atoms with Crippen LogP contribution in [0.3, 0.4) is 0 Å². The van der Waals surface area contributed by atoms with E-state index in [9.17, 15) is 14.0 Å². The van der Waals surface area contributed by atoms with Crippen molar-refractivity contribution in [2.24, 2.45) is 0 Å². The lowest BCUT2D eigenvalue weighted by Crippen LogP contribution is -2.38. The molecule has 0 fully saturated rings. The lowest BCUT2D eigenvalue weighted by molar-refractivity contribution is -0.144. The molecular formula is C16H22FNO2. The molecule has 0 spiro atoms. The van der Waals surface area contributed by atoms with Crippen LogP contribution in [0.2, 0.25) is 0 Å². The molecule has 0 heterocycles. The number of amides is 2. The van der Waals surface area contributed by atoms with Crippen LogP contribution >= 0.6 is 0 Å². The van der Waals surface area contributed by atoms with Gasteiger partial charge in [0.2, 0.25) is 11.8 Å². The summed E-state index contributed by atoms with van der Waals surface area (Å²) in [5.74, 6) is -0.518. The molecule has 0 atom stereocenters. The highest BCUT2D eigenvalue weighted by atomic mass is 19.1. The highest BCUT2D eigenvalue weighted by Crippen LogP contribution is 2.08. The second-order valence-electron chi connectivity index (χ2n) is 4.82. The zero-order chi connectivity index (χ0) is 15.0. The molecule has 0 aliphatic carbocycles. The molecule has 1 aromatic rings. The van der Waals surface area contributed by atoms with Crippen LogP contribution in [-0.4, -0.2) is 23.3 Å². The van der Waals surface area contributed by atoms with Crippen LogP contribution in [0, 0.1) is 5.82 Å². The molecule has 4 heteroatoms. The quantitative estimate of drug-likeness (QED) is 0.767. The Hall–Kier alpha value is -1.71. The first kappa shape index (κ1) is 16.3. The molecule has 20 heavy (non-hydrogen) atoms. The van der Waals surface area contributed by atoms with Crippen molar-refractivity contribution in [1.29, 1.82) is 0 Å². The Bertz CT molecular complexity index is 424. The Balaban J connectivity index is 2.66. The number of imide groups is 1. The minimum Gasteiger partial charge on any atom is -0.282 e. The summed E-state index contributed by atoms with van der Waals surface area (Å²) in [4.78, 5) is 25.3. The van der Waals surface area contributed by atoms with Gasteiger partial charge in [-0.05, 0) is 37.0 Å². The standard InChI is InChI=1S/C16H22FNO2/c1-3-5-15(19)18(16(20)6-4-2)12-11-13-7-9-14(17)10-8-13/h7-10H,3-6,11-12H2,1-2H3. The SMILES string of the molecule is CCCC(=O)N(CCc1ccc(F)cc1)C(=O)CCC. The highest BCUT2D eigenvalue weighted by molar-refractivity contribution is 5.95. The first-order chi connectivity index (χ1) is 9.58. The molecule has 0 N–H and O–H groups in total. The Kier molecular flexibility index (Phi) is 6.91. The smallest absolute Gasteiger partial charge is 0.229 e. The van der Waals surface area contributed by atoms with Gasteiger partial charge >= 0.3 is 0 Å². The molecule has 3 nitrogen and oxygen atoms in total. The third-order valence-electron chi connectivity index (χ3n) is 3.07. The van der Waals surface area contributed by atoms with Crippen LogP contribution in [0.5, 0.6) is 0 Å². The molecule has 0 radical (unpaired) electrons. The van der Waals surface area contributed by atoms with Gasteiger partial charge < -0.3 is 0 Å². The molecule has 0 bridgehead atoms. The topological polar surface area (TPSA) is 37.4 Å². The second kappa shape index (κ2) is 8.46. The molecule has 0 aliphatic rings. The number of hydrogen-bond donors (Lipinski definition) is 0. The van der Waals surface area contributed by atoms with Gasteiger partial charge in [-0.1, -0.05) is 26.0 Å². The zero-order valence-corrected chi connectivity index (χ0v) is 12.2. The Morgan fingerprint density at radius 2 is 1.50 bits per heavy atom. The average Bonchev–Trinajstić information content (AvgIpc) is 2.42. The summed E-state index contributed by atoms with van der Waals surface area (Å²) in [6, 6.07) is 6.15. The number of carbonyl (C=O) groups is 2. The van der Waals surface area contributed by atoms with Gasteiger partial charge in [0.25, 0.3) is 0 Å². The molecular weight excluding hydrogens is 257 g/mol. The van der Waals surface area contributed by atoms with E-state index in [1.807, 2.05) is 13.8 Å². The van der Waals surface area contributed by atoms with Gasteiger partial charge in [0.05, 0.1) is 0 Å². The zero-order valence-electron chi connectivity index (χ0n) is 12.2. The van der Waals surface area contributed by atoms with E-state index in [4.69, 9.17) is 0 Å². The second-order valence-corrected chi connectivity index (χ2v) is 4.82. The number of hydrogen-bond acceptors (Lipinski definition) is 2. The maximum Gasteiger partial charge on any atom is 0.229 e. The van der Waals surface area contributed by atoms with Crippen molar-refractivity contribution in [3.05, 3.63) is 35.6 Å². The van der Waals surface area contributed by atoms with E-state index in [2.05, 4.69) is 0 Å². The van der Waals surface area contributed by atoms with Crippen molar-refractivity contribution in [3.63, 3.8) is 0 Å². The summed E-state index contributed by atoms with van der Waals surface area (Å²) in [7, 11) is 0. The van der Waals surface area contributed by atoms with E-state index >= 15 is 0 Å². The summed E-state index contributed by atoms with van der Waals surface area (Å²) >= 11 is 0. The largest absolute Gasteiger partial charge is 0.282 e. The molecule has 0 aliphatic heterocycles. The lowest BCUT2D eigenvalue weighted by atomic mass is 10.1. The van der Waals surface area contributed by atoms with Crippen LogP contribution in [0.15, 0.2) is 24.3 Å². The maximum absolute atomic E-state index is 12.8. The van der Waals surface area contributed by atoms with Gasteiger partial charge in [-0.15, -0.1) is 0 Å². The van der Waals surface area contributed by atoms with E-state index in [1.54, 1.807) is 12.1 Å². The number of rotatable bonds is 7. The van der Waals surface area contributed by atoms with E-state index in [-0.39, 0.29) is 17.6 Å². The predicted molar refractivity (Wildman–Crippen MR) is 76.6 cm³/mol. The highest BCUT2D eigenvalue weighted by Gasteiger charge is 2.19. The number of halogens is 1. The minimum absolute atomic E-state index is 0.118. The van der Waals surface area contributed by atoms with Gasteiger partial charge in [0.15, 0.2) is 0 Å². The van der Waals surface area contributed by atoms with Crippen molar-refractivity contribution in [2.45, 2.75) is 46.0 Å². The van der Waals surface area contributed by atoms with Crippen molar-refractivity contribution in [3.8, 4) is 0 Å². The Morgan fingerprint density at radius 1 is 1.00 bits per heavy atom.